The first-order chi connectivity index (χ1) is 6.59. The van der Waals surface area contributed by atoms with Gasteiger partial charge in [0, 0.05) is 0 Å². The molecule has 82 valence electrons. The highest BCUT2D eigenvalue weighted by molar-refractivity contribution is 5.06. The van der Waals surface area contributed by atoms with E-state index in [-0.39, 0.29) is 5.60 Å². The van der Waals surface area contributed by atoms with Crippen molar-refractivity contribution < 1.29 is 5.11 Å². The molecule has 2 rings (SSSR count). The summed E-state index contributed by atoms with van der Waals surface area (Å²) in [7, 11) is 0. The summed E-state index contributed by atoms with van der Waals surface area (Å²) in [6.45, 7) is 6.78. The first-order valence-electron chi connectivity index (χ1n) is 6.32. The molecule has 2 aliphatic rings. The van der Waals surface area contributed by atoms with Gasteiger partial charge in [0.05, 0.1) is 5.60 Å². The second-order valence-electron chi connectivity index (χ2n) is 5.66. The zero-order valence-electron chi connectivity index (χ0n) is 9.79. The molecule has 2 saturated carbocycles. The summed E-state index contributed by atoms with van der Waals surface area (Å²) < 4.78 is 0. The Hall–Kier alpha value is -0.0400. The highest BCUT2D eigenvalue weighted by Gasteiger charge is 2.56. The van der Waals surface area contributed by atoms with Crippen LogP contribution in [-0.2, 0) is 0 Å². The highest BCUT2D eigenvalue weighted by atomic mass is 16.3. The van der Waals surface area contributed by atoms with Crippen molar-refractivity contribution in [3.63, 3.8) is 0 Å². The number of fused-ring (bicyclic) bond motifs is 1. The van der Waals surface area contributed by atoms with Gasteiger partial charge in [-0.15, -0.1) is 0 Å². The summed E-state index contributed by atoms with van der Waals surface area (Å²) in [5.41, 5.74) is -0.307. The third-order valence-electron chi connectivity index (χ3n) is 5.00. The van der Waals surface area contributed by atoms with Crippen LogP contribution in [0.25, 0.3) is 0 Å². The smallest absolute Gasteiger partial charge is 0.0706 e. The fourth-order valence-corrected chi connectivity index (χ4v) is 3.42. The van der Waals surface area contributed by atoms with Crippen molar-refractivity contribution >= 4 is 0 Å². The summed E-state index contributed by atoms with van der Waals surface area (Å²) in [5, 5.41) is 10.8. The van der Waals surface area contributed by atoms with Gasteiger partial charge in [0.1, 0.15) is 0 Å². The Morgan fingerprint density at radius 1 is 1.43 bits per heavy atom. The predicted octanol–water partition coefficient (Wildman–Crippen LogP) is 3.22. The molecule has 5 unspecified atom stereocenters. The molecule has 2 fully saturated rings. The molecule has 0 heterocycles. The van der Waals surface area contributed by atoms with Gasteiger partial charge in [0.2, 0.25) is 0 Å². The molecular weight excluding hydrogens is 172 g/mol. The SMILES string of the molecule is CCC(C)C(C)C1(O)CCCC2CC21. The van der Waals surface area contributed by atoms with Crippen LogP contribution >= 0.6 is 0 Å². The number of rotatable bonds is 3. The van der Waals surface area contributed by atoms with Crippen molar-refractivity contribution in [2.24, 2.45) is 23.7 Å². The van der Waals surface area contributed by atoms with Crippen molar-refractivity contribution in [2.45, 2.75) is 58.5 Å². The average molecular weight is 196 g/mol. The van der Waals surface area contributed by atoms with Crippen LogP contribution in [-0.4, -0.2) is 10.7 Å². The van der Waals surface area contributed by atoms with E-state index >= 15 is 0 Å². The Labute approximate surface area is 87.9 Å². The minimum atomic E-state index is -0.307. The standard InChI is InChI=1S/C13H24O/c1-4-9(2)10(3)13(14)7-5-6-11-8-12(11)13/h9-12,14H,4-8H2,1-3H3. The molecule has 0 aliphatic heterocycles. The Morgan fingerprint density at radius 2 is 2.14 bits per heavy atom. The molecule has 0 aromatic rings. The molecule has 0 aromatic carbocycles. The third-order valence-corrected chi connectivity index (χ3v) is 5.00. The maximum atomic E-state index is 10.8. The van der Waals surface area contributed by atoms with E-state index in [0.717, 1.165) is 12.3 Å². The monoisotopic (exact) mass is 196 g/mol. The zero-order chi connectivity index (χ0) is 10.3. The summed E-state index contributed by atoms with van der Waals surface area (Å²) in [5.74, 6) is 2.68. The maximum absolute atomic E-state index is 10.8. The van der Waals surface area contributed by atoms with Crippen molar-refractivity contribution in [2.75, 3.05) is 0 Å². The van der Waals surface area contributed by atoms with E-state index in [4.69, 9.17) is 0 Å². The molecule has 0 spiro atoms. The number of hydrogen-bond donors (Lipinski definition) is 1. The van der Waals surface area contributed by atoms with Crippen molar-refractivity contribution in [1.29, 1.82) is 0 Å². The molecule has 1 nitrogen and oxygen atoms in total. The molecule has 0 saturated heterocycles. The first kappa shape index (κ1) is 10.5. The molecule has 1 heteroatoms. The molecule has 0 bridgehead atoms. The largest absolute Gasteiger partial charge is 0.389 e. The third kappa shape index (κ3) is 1.50. The number of hydrogen-bond acceptors (Lipinski definition) is 1. The lowest BCUT2D eigenvalue weighted by Gasteiger charge is -2.40. The van der Waals surface area contributed by atoms with Crippen LogP contribution in [0, 0.1) is 23.7 Å². The van der Waals surface area contributed by atoms with E-state index in [0.29, 0.717) is 17.8 Å². The second kappa shape index (κ2) is 3.52. The van der Waals surface area contributed by atoms with Crippen LogP contribution in [0.2, 0.25) is 0 Å². The minimum absolute atomic E-state index is 0.307. The van der Waals surface area contributed by atoms with Crippen molar-refractivity contribution in [3.05, 3.63) is 0 Å². The Bertz CT molecular complexity index is 213. The lowest BCUT2D eigenvalue weighted by atomic mass is 9.70. The second-order valence-corrected chi connectivity index (χ2v) is 5.66. The van der Waals surface area contributed by atoms with Gasteiger partial charge < -0.3 is 5.11 Å². The molecule has 1 N–H and O–H groups in total. The van der Waals surface area contributed by atoms with E-state index in [9.17, 15) is 5.11 Å². The molecule has 2 aliphatic carbocycles. The topological polar surface area (TPSA) is 20.2 Å². The van der Waals surface area contributed by atoms with E-state index in [1.165, 1.54) is 25.7 Å². The molecule has 0 radical (unpaired) electrons. The molecule has 14 heavy (non-hydrogen) atoms. The molecular formula is C13H24O. The van der Waals surface area contributed by atoms with Gasteiger partial charge in [-0.05, 0) is 42.9 Å². The molecule has 5 atom stereocenters. The first-order valence-corrected chi connectivity index (χ1v) is 6.32. The lowest BCUT2D eigenvalue weighted by molar-refractivity contribution is -0.0743. The minimum Gasteiger partial charge on any atom is -0.389 e. The predicted molar refractivity (Wildman–Crippen MR) is 59.0 cm³/mol. The van der Waals surface area contributed by atoms with Crippen LogP contribution in [0.5, 0.6) is 0 Å². The maximum Gasteiger partial charge on any atom is 0.0706 e. The van der Waals surface area contributed by atoms with Gasteiger partial charge in [-0.1, -0.05) is 33.6 Å². The van der Waals surface area contributed by atoms with Crippen LogP contribution in [0.4, 0.5) is 0 Å². The molecule has 0 amide bonds. The summed E-state index contributed by atoms with van der Waals surface area (Å²) in [6, 6.07) is 0. The van der Waals surface area contributed by atoms with E-state index in [1.54, 1.807) is 0 Å². The highest BCUT2D eigenvalue weighted by Crippen LogP contribution is 2.58. The fourth-order valence-electron chi connectivity index (χ4n) is 3.42. The zero-order valence-corrected chi connectivity index (χ0v) is 9.79. The Balaban J connectivity index is 2.06. The Morgan fingerprint density at radius 3 is 2.79 bits per heavy atom. The van der Waals surface area contributed by atoms with E-state index in [2.05, 4.69) is 20.8 Å². The quantitative estimate of drug-likeness (QED) is 0.735. The van der Waals surface area contributed by atoms with Crippen LogP contribution in [0.3, 0.4) is 0 Å². The summed E-state index contributed by atoms with van der Waals surface area (Å²) >= 11 is 0. The summed E-state index contributed by atoms with van der Waals surface area (Å²) in [4.78, 5) is 0. The van der Waals surface area contributed by atoms with Gasteiger partial charge in [0.25, 0.3) is 0 Å². The molecule has 0 aromatic heterocycles. The Kier molecular flexibility index (Phi) is 2.63. The van der Waals surface area contributed by atoms with Gasteiger partial charge in [-0.25, -0.2) is 0 Å². The summed E-state index contributed by atoms with van der Waals surface area (Å²) in [6.07, 6.45) is 6.18. The average Bonchev–Trinajstić information content (AvgIpc) is 2.96. The van der Waals surface area contributed by atoms with E-state index < -0.39 is 0 Å². The van der Waals surface area contributed by atoms with Gasteiger partial charge in [-0.2, -0.15) is 0 Å². The van der Waals surface area contributed by atoms with Gasteiger partial charge >= 0.3 is 0 Å². The fraction of sp³-hybridized carbons (Fsp3) is 1.00. The van der Waals surface area contributed by atoms with Crippen molar-refractivity contribution in [3.8, 4) is 0 Å². The van der Waals surface area contributed by atoms with E-state index in [1.807, 2.05) is 0 Å². The van der Waals surface area contributed by atoms with Crippen LogP contribution in [0.1, 0.15) is 52.9 Å². The number of aliphatic hydroxyl groups is 1. The van der Waals surface area contributed by atoms with Crippen molar-refractivity contribution in [1.82, 2.24) is 0 Å². The van der Waals surface area contributed by atoms with Gasteiger partial charge in [0.15, 0.2) is 0 Å². The van der Waals surface area contributed by atoms with Gasteiger partial charge in [-0.3, -0.25) is 0 Å². The van der Waals surface area contributed by atoms with Crippen LogP contribution < -0.4 is 0 Å². The normalized spacial score (nSPS) is 45.4. The van der Waals surface area contributed by atoms with Crippen LogP contribution in [0.15, 0.2) is 0 Å². The lowest BCUT2D eigenvalue weighted by Crippen LogP contribution is -2.44.